The van der Waals surface area contributed by atoms with Gasteiger partial charge >= 0.3 is 0 Å². The van der Waals surface area contributed by atoms with E-state index in [1.807, 2.05) is 60.9 Å². The van der Waals surface area contributed by atoms with Gasteiger partial charge in [0.2, 0.25) is 0 Å². The number of hydrogen-bond acceptors (Lipinski definition) is 2. The second-order valence-electron chi connectivity index (χ2n) is 20.3. The molecule has 0 radical (unpaired) electrons. The summed E-state index contributed by atoms with van der Waals surface area (Å²) in [7, 11) is 0. The number of aromatic nitrogens is 4. The molecule has 14 aromatic rings. The van der Waals surface area contributed by atoms with Crippen LogP contribution in [-0.2, 0) is 0 Å². The molecule has 0 amide bonds. The summed E-state index contributed by atoms with van der Waals surface area (Å²) >= 11 is 0. The number of rotatable bonds is 7. The van der Waals surface area contributed by atoms with Gasteiger partial charge in [-0.05, 0) is 214 Å². The third-order valence-electron chi connectivity index (χ3n) is 15.8. The van der Waals surface area contributed by atoms with Crippen LogP contribution in [0, 0.1) is 41.5 Å². The van der Waals surface area contributed by atoms with E-state index in [4.69, 9.17) is 23.7 Å². The smallest absolute Gasteiger partial charge is 0.0894 e. The monoisotopic (exact) mass is 984 g/mol. The molecular formula is C72H54N4. The van der Waals surface area contributed by atoms with E-state index in [1.54, 1.807) is 0 Å². The molecule has 0 bridgehead atoms. The van der Waals surface area contributed by atoms with Crippen molar-refractivity contribution >= 4 is 65.2 Å². The number of nitrogens with zero attached hydrogens (tertiary/aromatic N) is 4. The third-order valence-corrected chi connectivity index (χ3v) is 15.8. The van der Waals surface area contributed by atoms with Crippen LogP contribution >= 0.6 is 0 Å². The molecule has 0 saturated heterocycles. The minimum atomic E-state index is -0.461. The number of aryl methyl sites for hydroxylation is 4. The van der Waals surface area contributed by atoms with Crippen LogP contribution in [-0.4, -0.2) is 19.1 Å². The summed E-state index contributed by atoms with van der Waals surface area (Å²) in [6.45, 7) is 12.9. The van der Waals surface area contributed by atoms with Gasteiger partial charge in [0, 0.05) is 32.9 Å². The van der Waals surface area contributed by atoms with Crippen LogP contribution in [0.5, 0.6) is 0 Å². The molecule has 0 unspecified atom stereocenters. The molecule has 0 spiro atoms. The van der Waals surface area contributed by atoms with Gasteiger partial charge in [-0.3, -0.25) is 9.97 Å². The number of benzene rings is 10. The van der Waals surface area contributed by atoms with Crippen molar-refractivity contribution in [3.63, 3.8) is 0 Å². The van der Waals surface area contributed by atoms with Crippen molar-refractivity contribution in [2.75, 3.05) is 0 Å². The minimum Gasteiger partial charge on any atom is -0.308 e. The average molecular weight is 985 g/mol. The van der Waals surface area contributed by atoms with Gasteiger partial charge in [-0.25, -0.2) is 0 Å². The highest BCUT2D eigenvalue weighted by atomic mass is 15.0. The summed E-state index contributed by atoms with van der Waals surface area (Å²) in [6.07, 6.45) is 3.66. The fourth-order valence-corrected chi connectivity index (χ4v) is 11.3. The molecule has 0 fully saturated rings. The van der Waals surface area contributed by atoms with E-state index in [9.17, 15) is 0 Å². The third kappa shape index (κ3) is 7.51. The molecule has 10 aromatic carbocycles. The molecular weight excluding hydrogens is 921 g/mol. The van der Waals surface area contributed by atoms with Gasteiger partial charge < -0.3 is 9.13 Å². The average Bonchev–Trinajstić information content (AvgIpc) is 1.67. The van der Waals surface area contributed by atoms with Crippen molar-refractivity contribution < 1.29 is 13.7 Å². The number of fused-ring (bicyclic) bond motifs is 8. The Balaban J connectivity index is 0.956. The Labute approximate surface area is 456 Å². The highest BCUT2D eigenvalue weighted by Crippen LogP contribution is 2.41. The lowest BCUT2D eigenvalue weighted by atomic mass is 9.95. The Morgan fingerprint density at radius 3 is 1.05 bits per heavy atom. The summed E-state index contributed by atoms with van der Waals surface area (Å²) in [5.41, 5.74) is 19.3. The van der Waals surface area contributed by atoms with Gasteiger partial charge in [0.15, 0.2) is 0 Å². The predicted octanol–water partition coefficient (Wildman–Crippen LogP) is 19.2. The van der Waals surface area contributed by atoms with Crippen LogP contribution in [0.15, 0.2) is 218 Å². The number of hydrogen-bond donors (Lipinski definition) is 0. The lowest BCUT2D eigenvalue weighted by Gasteiger charge is -2.12. The van der Waals surface area contributed by atoms with E-state index in [0.717, 1.165) is 98.8 Å². The van der Waals surface area contributed by atoms with Crippen molar-refractivity contribution in [3.05, 3.63) is 252 Å². The van der Waals surface area contributed by atoms with E-state index in [1.165, 1.54) is 33.4 Å². The minimum absolute atomic E-state index is 0.101. The first-order valence-corrected chi connectivity index (χ1v) is 25.5. The van der Waals surface area contributed by atoms with E-state index < -0.39 is 36.3 Å². The number of pyridine rings is 2. The Morgan fingerprint density at radius 1 is 0.303 bits per heavy atom. The van der Waals surface area contributed by atoms with Gasteiger partial charge in [0.25, 0.3) is 0 Å². The van der Waals surface area contributed by atoms with E-state index in [2.05, 4.69) is 148 Å². The van der Waals surface area contributed by atoms with E-state index in [0.29, 0.717) is 22.5 Å². The predicted molar refractivity (Wildman–Crippen MR) is 321 cm³/mol. The second kappa shape index (κ2) is 17.6. The van der Waals surface area contributed by atoms with E-state index in [-0.39, 0.29) is 35.3 Å². The maximum absolute atomic E-state index is 8.95. The van der Waals surface area contributed by atoms with Crippen LogP contribution in [0.3, 0.4) is 0 Å². The summed E-state index contributed by atoms with van der Waals surface area (Å²) in [6, 6.07) is 46.3. The zero-order chi connectivity index (χ0) is 60.0. The summed E-state index contributed by atoms with van der Waals surface area (Å²) in [4.78, 5) is 10.3. The molecule has 4 nitrogen and oxygen atoms in total. The van der Waals surface area contributed by atoms with Crippen molar-refractivity contribution in [2.24, 2.45) is 0 Å². The summed E-state index contributed by atoms with van der Waals surface area (Å²) < 4.78 is 90.9. The van der Waals surface area contributed by atoms with Crippen LogP contribution in [0.4, 0.5) is 0 Å². The zero-order valence-corrected chi connectivity index (χ0v) is 42.8. The maximum Gasteiger partial charge on any atom is 0.0894 e. The van der Waals surface area contributed by atoms with Crippen molar-refractivity contribution in [2.45, 2.75) is 41.5 Å². The first kappa shape index (κ1) is 35.7. The molecule has 76 heavy (non-hydrogen) atoms. The Morgan fingerprint density at radius 2 is 0.645 bits per heavy atom. The lowest BCUT2D eigenvalue weighted by molar-refractivity contribution is 1.16. The fourth-order valence-electron chi connectivity index (χ4n) is 11.3. The van der Waals surface area contributed by atoms with Crippen molar-refractivity contribution in [1.29, 1.82) is 0 Å². The van der Waals surface area contributed by atoms with Crippen LogP contribution in [0.2, 0.25) is 0 Å². The zero-order valence-electron chi connectivity index (χ0n) is 52.8. The molecule has 14 rings (SSSR count). The fraction of sp³-hybridized carbons (Fsp3) is 0.0833. The molecule has 0 aliphatic rings. The topological polar surface area (TPSA) is 35.6 Å². The molecule has 0 N–H and O–H groups in total. The lowest BCUT2D eigenvalue weighted by Crippen LogP contribution is -1.96. The highest BCUT2D eigenvalue weighted by Gasteiger charge is 2.20. The van der Waals surface area contributed by atoms with Crippen molar-refractivity contribution in [3.8, 4) is 67.3 Å². The van der Waals surface area contributed by atoms with Crippen molar-refractivity contribution in [1.82, 2.24) is 19.1 Å². The normalized spacial score (nSPS) is 13.7. The van der Waals surface area contributed by atoms with Gasteiger partial charge in [0.1, 0.15) is 0 Å². The standard InChI is InChI=1S/C72H54N4/c1-43-29-59(30-44(2)47(43)5)53-17-19-55-35-61(25-21-51(55)33-53)75-69-27-23-57(49-13-9-7-10-14-49)37-63(69)65-39-67(73-41-71(65)75)68-40-66-64-38-58(50-15-11-8-12-16-50)24-28-70(64)76(72(66)42-74-68)62-26-22-52-34-54(18-20-56(52)36-62)60-31-45(3)48(6)46(4)32-60/h7-42H,1-6H3/i7D,8D,9D,10D,11D,12D,13D,14D,15D,16D. The Kier molecular flexibility index (Phi) is 8.29. The summed E-state index contributed by atoms with van der Waals surface area (Å²) in [5, 5.41) is 7.34. The van der Waals surface area contributed by atoms with Gasteiger partial charge in [-0.1, -0.05) is 133 Å². The van der Waals surface area contributed by atoms with Crippen LogP contribution in [0.1, 0.15) is 47.1 Å². The molecule has 0 aliphatic carbocycles. The van der Waals surface area contributed by atoms with Gasteiger partial charge in [-0.15, -0.1) is 0 Å². The second-order valence-corrected chi connectivity index (χ2v) is 20.3. The summed E-state index contributed by atoms with van der Waals surface area (Å²) in [5.74, 6) is 0. The molecule has 362 valence electrons. The van der Waals surface area contributed by atoms with Crippen LogP contribution in [0.25, 0.3) is 132 Å². The molecule has 4 heteroatoms. The van der Waals surface area contributed by atoms with Crippen LogP contribution < -0.4 is 0 Å². The SMILES string of the molecule is [2H]c1c([2H])c([2H])c(-c2ccc3c(c2)c2cc(-c4cc5c6cc(-c7c([2H])c([2H])c([2H])c([2H])c7[2H])ccc6n(-c6ccc7cc(-c8cc(C)c(C)c(C)c8)ccc7c6)c5cn4)ncc2n3-c2ccc3cc(-c4cc(C)c(C)c(C)c4)ccc3c2)c([2H])c1[2H]. The molecule has 4 heterocycles. The maximum atomic E-state index is 8.95. The first-order chi connectivity index (χ1) is 41.2. The quantitative estimate of drug-likeness (QED) is 0.160. The largest absolute Gasteiger partial charge is 0.308 e. The highest BCUT2D eigenvalue weighted by molar-refractivity contribution is 6.13. The molecule has 0 atom stereocenters. The van der Waals surface area contributed by atoms with E-state index >= 15 is 0 Å². The van der Waals surface area contributed by atoms with Gasteiger partial charge in [0.05, 0.1) is 59.6 Å². The Bertz CT molecular complexity index is 4890. The first-order valence-electron chi connectivity index (χ1n) is 30.5. The van der Waals surface area contributed by atoms with Gasteiger partial charge in [-0.2, -0.15) is 0 Å². The molecule has 4 aromatic heterocycles. The molecule has 0 aliphatic heterocycles. The molecule has 0 saturated carbocycles. The Hall–Kier alpha value is -9.38.